The van der Waals surface area contributed by atoms with Gasteiger partial charge in [0.2, 0.25) is 0 Å². The van der Waals surface area contributed by atoms with Gasteiger partial charge in [0.1, 0.15) is 10.9 Å². The van der Waals surface area contributed by atoms with Gasteiger partial charge in [-0.1, -0.05) is 12.1 Å². The zero-order valence-corrected chi connectivity index (χ0v) is 15.4. The van der Waals surface area contributed by atoms with E-state index in [4.69, 9.17) is 0 Å². The van der Waals surface area contributed by atoms with E-state index in [9.17, 15) is 23.2 Å². The number of hydrogen-bond acceptors (Lipinski definition) is 4. The highest BCUT2D eigenvalue weighted by Gasteiger charge is 2.30. The minimum atomic E-state index is -4.47. The minimum Gasteiger partial charge on any atom is -0.305 e. The van der Waals surface area contributed by atoms with Crippen LogP contribution in [0.15, 0.2) is 29.1 Å². The lowest BCUT2D eigenvalue weighted by atomic mass is 9.97. The van der Waals surface area contributed by atoms with Gasteiger partial charge in [-0.25, -0.2) is 4.98 Å². The second-order valence-electron chi connectivity index (χ2n) is 6.60. The highest BCUT2D eigenvalue weighted by Crippen LogP contribution is 2.34. The molecule has 142 valence electrons. The highest BCUT2D eigenvalue weighted by molar-refractivity contribution is 7.18. The molecule has 1 N–H and O–H groups in total. The third kappa shape index (κ3) is 3.34. The van der Waals surface area contributed by atoms with Crippen LogP contribution in [0, 0.1) is 11.3 Å². The van der Waals surface area contributed by atoms with Crippen LogP contribution < -0.4 is 5.56 Å². The summed E-state index contributed by atoms with van der Waals surface area (Å²) in [4.78, 5) is 21.4. The summed E-state index contributed by atoms with van der Waals surface area (Å²) >= 11 is 1.45. The van der Waals surface area contributed by atoms with Crippen LogP contribution in [0.4, 0.5) is 13.2 Å². The molecule has 3 aromatic rings. The van der Waals surface area contributed by atoms with E-state index in [0.717, 1.165) is 48.3 Å². The normalized spacial score (nSPS) is 14.7. The quantitative estimate of drug-likeness (QED) is 0.618. The predicted molar refractivity (Wildman–Crippen MR) is 102 cm³/mol. The molecule has 0 aliphatic heterocycles. The second kappa shape index (κ2) is 6.91. The molecule has 2 aromatic heterocycles. The summed E-state index contributed by atoms with van der Waals surface area (Å²) in [5, 5.41) is 10.1. The number of rotatable bonds is 2. The highest BCUT2D eigenvalue weighted by atomic mass is 32.1. The van der Waals surface area contributed by atoms with Gasteiger partial charge in [-0.3, -0.25) is 4.79 Å². The summed E-state index contributed by atoms with van der Waals surface area (Å²) in [5.74, 6) is 0.0657. The SMILES string of the molecule is N#C/C(=C\c1cccc(C(F)(F)F)c1)c1nc2sc3c(c2c(=O)[nH]1)CCCC3. The molecule has 2 heterocycles. The lowest BCUT2D eigenvalue weighted by Crippen LogP contribution is -2.12. The van der Waals surface area contributed by atoms with Gasteiger partial charge in [0.15, 0.2) is 5.82 Å². The summed E-state index contributed by atoms with van der Waals surface area (Å²) in [7, 11) is 0. The number of aryl methyl sites for hydroxylation is 2. The standard InChI is InChI=1S/C20H14F3N3OS/c21-20(22,23)13-5-3-4-11(9-13)8-12(10-24)17-25-18(27)16-14-6-1-2-7-15(14)28-19(16)26-17/h3-5,8-9H,1-2,6-7H2,(H,25,26,27)/b12-8+. The van der Waals surface area contributed by atoms with Crippen molar-refractivity contribution in [3.8, 4) is 6.07 Å². The average molecular weight is 401 g/mol. The fourth-order valence-electron chi connectivity index (χ4n) is 3.42. The number of alkyl halides is 3. The smallest absolute Gasteiger partial charge is 0.305 e. The molecule has 0 saturated heterocycles. The Morgan fingerprint density at radius 2 is 2.07 bits per heavy atom. The van der Waals surface area contributed by atoms with Gasteiger partial charge in [-0.15, -0.1) is 11.3 Å². The lowest BCUT2D eigenvalue weighted by molar-refractivity contribution is -0.137. The lowest BCUT2D eigenvalue weighted by Gasteiger charge is -2.09. The summed E-state index contributed by atoms with van der Waals surface area (Å²) in [6.07, 6.45) is 0.675. The molecule has 0 radical (unpaired) electrons. The molecular weight excluding hydrogens is 387 g/mol. The summed E-state index contributed by atoms with van der Waals surface area (Å²) < 4.78 is 38.7. The number of nitrogens with one attached hydrogen (secondary N) is 1. The molecule has 0 saturated carbocycles. The Balaban J connectivity index is 1.81. The molecule has 0 bridgehead atoms. The summed E-state index contributed by atoms with van der Waals surface area (Å²) in [6, 6.07) is 6.59. The van der Waals surface area contributed by atoms with E-state index in [0.29, 0.717) is 10.2 Å². The Morgan fingerprint density at radius 3 is 2.82 bits per heavy atom. The first kappa shape index (κ1) is 18.4. The van der Waals surface area contributed by atoms with Crippen LogP contribution in [0.3, 0.4) is 0 Å². The van der Waals surface area contributed by atoms with Crippen LogP contribution in [0.2, 0.25) is 0 Å². The van der Waals surface area contributed by atoms with Crippen molar-refractivity contribution in [1.82, 2.24) is 9.97 Å². The number of nitriles is 1. The van der Waals surface area contributed by atoms with Gasteiger partial charge in [-0.2, -0.15) is 18.4 Å². The van der Waals surface area contributed by atoms with E-state index in [-0.39, 0.29) is 22.5 Å². The predicted octanol–water partition coefficient (Wildman–Crippen LogP) is 4.95. The maximum Gasteiger partial charge on any atom is 0.416 e. The zero-order chi connectivity index (χ0) is 19.9. The van der Waals surface area contributed by atoms with Crippen LogP contribution in [0.5, 0.6) is 0 Å². The third-order valence-electron chi connectivity index (χ3n) is 4.73. The maximum atomic E-state index is 12.9. The van der Waals surface area contributed by atoms with Crippen molar-refractivity contribution in [2.75, 3.05) is 0 Å². The Kier molecular flexibility index (Phi) is 4.55. The first-order valence-electron chi connectivity index (χ1n) is 8.71. The van der Waals surface area contributed by atoms with Crippen molar-refractivity contribution in [3.63, 3.8) is 0 Å². The molecule has 0 unspecified atom stereocenters. The summed E-state index contributed by atoms with van der Waals surface area (Å²) in [6.45, 7) is 0. The molecule has 0 spiro atoms. The van der Waals surface area contributed by atoms with E-state index >= 15 is 0 Å². The first-order chi connectivity index (χ1) is 13.4. The monoisotopic (exact) mass is 401 g/mol. The van der Waals surface area contributed by atoms with Gasteiger partial charge < -0.3 is 4.98 Å². The van der Waals surface area contributed by atoms with Gasteiger partial charge >= 0.3 is 6.18 Å². The van der Waals surface area contributed by atoms with Crippen LogP contribution in [0.1, 0.15) is 40.2 Å². The fourth-order valence-corrected chi connectivity index (χ4v) is 4.68. The van der Waals surface area contributed by atoms with E-state index in [1.807, 2.05) is 6.07 Å². The van der Waals surface area contributed by atoms with E-state index in [2.05, 4.69) is 9.97 Å². The van der Waals surface area contributed by atoms with Gasteiger partial charge in [0.05, 0.1) is 16.5 Å². The number of nitrogens with zero attached hydrogens (tertiary/aromatic N) is 2. The average Bonchev–Trinajstić information content (AvgIpc) is 3.04. The third-order valence-corrected chi connectivity index (χ3v) is 5.91. The molecule has 4 rings (SSSR count). The molecule has 8 heteroatoms. The van der Waals surface area contributed by atoms with Gasteiger partial charge in [-0.05, 0) is 55.0 Å². The van der Waals surface area contributed by atoms with Crippen molar-refractivity contribution in [1.29, 1.82) is 5.26 Å². The summed E-state index contributed by atoms with van der Waals surface area (Å²) in [5.41, 5.74) is 0.127. The van der Waals surface area contributed by atoms with Crippen LogP contribution in [-0.4, -0.2) is 9.97 Å². The second-order valence-corrected chi connectivity index (χ2v) is 7.68. The molecule has 1 aliphatic carbocycles. The first-order valence-corrected chi connectivity index (χ1v) is 9.52. The van der Waals surface area contributed by atoms with Crippen LogP contribution >= 0.6 is 11.3 Å². The van der Waals surface area contributed by atoms with Crippen molar-refractivity contribution >= 4 is 33.2 Å². The molecule has 0 amide bonds. The number of benzene rings is 1. The number of halogens is 3. The molecular formula is C20H14F3N3OS. The van der Waals surface area contributed by atoms with Crippen LogP contribution in [-0.2, 0) is 19.0 Å². The molecule has 1 aromatic carbocycles. The number of allylic oxidation sites excluding steroid dienone is 1. The number of fused-ring (bicyclic) bond motifs is 3. The molecule has 28 heavy (non-hydrogen) atoms. The minimum absolute atomic E-state index is 0.00435. The molecule has 4 nitrogen and oxygen atoms in total. The van der Waals surface area contributed by atoms with E-state index < -0.39 is 11.7 Å². The zero-order valence-electron chi connectivity index (χ0n) is 14.6. The van der Waals surface area contributed by atoms with Gasteiger partial charge in [0.25, 0.3) is 5.56 Å². The van der Waals surface area contributed by atoms with Crippen LogP contribution in [0.25, 0.3) is 21.9 Å². The van der Waals surface area contributed by atoms with Crippen molar-refractivity contribution in [2.45, 2.75) is 31.9 Å². The van der Waals surface area contributed by atoms with Crippen molar-refractivity contribution in [3.05, 3.63) is 62.0 Å². The van der Waals surface area contributed by atoms with Gasteiger partial charge in [0, 0.05) is 4.88 Å². The Bertz CT molecular complexity index is 1200. The van der Waals surface area contributed by atoms with E-state index in [1.165, 1.54) is 29.5 Å². The Hall–Kier alpha value is -2.92. The van der Waals surface area contributed by atoms with Crippen molar-refractivity contribution in [2.24, 2.45) is 0 Å². The van der Waals surface area contributed by atoms with E-state index in [1.54, 1.807) is 0 Å². The number of H-pyrrole nitrogens is 1. The Labute approximate surface area is 162 Å². The number of hydrogen-bond donors (Lipinski definition) is 1. The molecule has 0 atom stereocenters. The topological polar surface area (TPSA) is 69.5 Å². The number of aromatic nitrogens is 2. The molecule has 0 fully saturated rings. The molecule has 1 aliphatic rings. The maximum absolute atomic E-state index is 12.9. The largest absolute Gasteiger partial charge is 0.416 e. The number of aromatic amines is 1. The number of thiophene rings is 1. The Morgan fingerprint density at radius 1 is 1.29 bits per heavy atom. The van der Waals surface area contributed by atoms with Crippen molar-refractivity contribution < 1.29 is 13.2 Å². The fraction of sp³-hybridized carbons (Fsp3) is 0.250.